The third-order valence-corrected chi connectivity index (χ3v) is 4.30. The summed E-state index contributed by atoms with van der Waals surface area (Å²) in [5, 5.41) is 9.48. The Morgan fingerprint density at radius 3 is 2.94 bits per heavy atom. The zero-order valence-corrected chi connectivity index (χ0v) is 12.3. The Morgan fingerprint density at radius 1 is 1.28 bits per heavy atom. The molecule has 0 unspecified atom stereocenters. The number of pyridine rings is 1. The van der Waals surface area contributed by atoms with Crippen molar-refractivity contribution < 1.29 is 0 Å². The molecule has 0 fully saturated rings. The van der Waals surface area contributed by atoms with E-state index in [9.17, 15) is 0 Å². The van der Waals surface area contributed by atoms with E-state index < -0.39 is 0 Å². The fourth-order valence-electron chi connectivity index (χ4n) is 1.47. The highest BCUT2D eigenvalue weighted by atomic mass is 35.5. The van der Waals surface area contributed by atoms with Crippen molar-refractivity contribution in [3.63, 3.8) is 0 Å². The van der Waals surface area contributed by atoms with E-state index in [4.69, 9.17) is 11.6 Å². The fourth-order valence-corrected chi connectivity index (χ4v) is 3.03. The van der Waals surface area contributed by atoms with Crippen LogP contribution in [0.2, 0.25) is 5.02 Å². The summed E-state index contributed by atoms with van der Waals surface area (Å²) in [5.41, 5.74) is 1.42. The Bertz CT molecular complexity index is 443. The molecule has 0 spiro atoms. The van der Waals surface area contributed by atoms with Crippen LogP contribution >= 0.6 is 34.7 Å². The fraction of sp³-hybridized carbons (Fsp3) is 0.308. The van der Waals surface area contributed by atoms with Crippen LogP contribution in [0.5, 0.6) is 0 Å². The molecule has 2 nitrogen and oxygen atoms in total. The average molecular weight is 299 g/mol. The molecule has 1 N–H and O–H groups in total. The molecule has 0 radical (unpaired) electrons. The van der Waals surface area contributed by atoms with Gasteiger partial charge in [0.15, 0.2) is 0 Å². The summed E-state index contributed by atoms with van der Waals surface area (Å²) in [5.74, 6) is 1.03. The lowest BCUT2D eigenvalue weighted by Gasteiger charge is -2.03. The predicted octanol–water partition coefficient (Wildman–Crippen LogP) is 3.72. The van der Waals surface area contributed by atoms with E-state index in [-0.39, 0.29) is 0 Å². The van der Waals surface area contributed by atoms with Crippen molar-refractivity contribution in [3.8, 4) is 0 Å². The highest BCUT2D eigenvalue weighted by Gasteiger charge is 1.96. The molecule has 0 aromatic carbocycles. The van der Waals surface area contributed by atoms with E-state index in [1.807, 2.05) is 12.1 Å². The van der Waals surface area contributed by atoms with Crippen LogP contribution in [0.3, 0.4) is 0 Å². The summed E-state index contributed by atoms with van der Waals surface area (Å²) in [4.78, 5) is 4.24. The van der Waals surface area contributed by atoms with Crippen molar-refractivity contribution in [3.05, 3.63) is 45.7 Å². The maximum atomic E-state index is 5.78. The van der Waals surface area contributed by atoms with Gasteiger partial charge in [0.1, 0.15) is 0 Å². The molecule has 96 valence electrons. The number of halogens is 1. The first kappa shape index (κ1) is 13.9. The SMILES string of the molecule is Clc1ccc(SCCNCCc2ccsc2)nc1. The van der Waals surface area contributed by atoms with E-state index in [1.165, 1.54) is 5.56 Å². The normalized spacial score (nSPS) is 10.7. The predicted molar refractivity (Wildman–Crippen MR) is 80.9 cm³/mol. The van der Waals surface area contributed by atoms with Crippen molar-refractivity contribution in [2.75, 3.05) is 18.8 Å². The summed E-state index contributed by atoms with van der Waals surface area (Å²) >= 11 is 9.28. The van der Waals surface area contributed by atoms with Crippen molar-refractivity contribution in [1.82, 2.24) is 10.3 Å². The molecule has 2 heterocycles. The lowest BCUT2D eigenvalue weighted by molar-refractivity contribution is 0.722. The molecule has 0 aliphatic carbocycles. The second-order valence-electron chi connectivity index (χ2n) is 3.79. The van der Waals surface area contributed by atoms with Gasteiger partial charge in [-0.2, -0.15) is 11.3 Å². The standard InChI is InChI=1S/C13H15ClN2S2/c14-12-1-2-13(16-9-12)18-8-6-15-5-3-11-4-7-17-10-11/h1-2,4,7,9-10,15H,3,5-6,8H2. The van der Waals surface area contributed by atoms with E-state index in [0.29, 0.717) is 5.02 Å². The first-order valence-corrected chi connectivity index (χ1v) is 8.11. The van der Waals surface area contributed by atoms with E-state index >= 15 is 0 Å². The van der Waals surface area contributed by atoms with Gasteiger partial charge in [-0.05, 0) is 47.5 Å². The minimum absolute atomic E-state index is 0.688. The molecular weight excluding hydrogens is 284 g/mol. The number of thioether (sulfide) groups is 1. The Balaban J connectivity index is 1.55. The third-order valence-electron chi connectivity index (χ3n) is 2.40. The lowest BCUT2D eigenvalue weighted by atomic mass is 10.2. The maximum absolute atomic E-state index is 5.78. The topological polar surface area (TPSA) is 24.9 Å². The molecule has 0 aliphatic heterocycles. The first-order chi connectivity index (χ1) is 8.84. The second kappa shape index (κ2) is 7.79. The van der Waals surface area contributed by atoms with Crippen LogP contribution in [0.4, 0.5) is 0 Å². The minimum Gasteiger partial charge on any atom is -0.316 e. The zero-order chi connectivity index (χ0) is 12.6. The average Bonchev–Trinajstić information content (AvgIpc) is 2.89. The van der Waals surface area contributed by atoms with Gasteiger partial charge in [0, 0.05) is 18.5 Å². The number of thiophene rings is 1. The zero-order valence-electron chi connectivity index (χ0n) is 9.93. The van der Waals surface area contributed by atoms with Crippen LogP contribution in [-0.4, -0.2) is 23.8 Å². The monoisotopic (exact) mass is 298 g/mol. The lowest BCUT2D eigenvalue weighted by Crippen LogP contribution is -2.19. The van der Waals surface area contributed by atoms with E-state index in [1.54, 1.807) is 29.3 Å². The Labute approximate surface area is 121 Å². The molecule has 2 aromatic rings. The van der Waals surface area contributed by atoms with Crippen molar-refractivity contribution in [2.24, 2.45) is 0 Å². The highest BCUT2D eigenvalue weighted by Crippen LogP contribution is 2.16. The second-order valence-corrected chi connectivity index (χ2v) is 6.13. The summed E-state index contributed by atoms with van der Waals surface area (Å²) in [6.45, 7) is 2.03. The number of nitrogens with zero attached hydrogens (tertiary/aromatic N) is 1. The molecule has 2 rings (SSSR count). The Morgan fingerprint density at radius 2 is 2.22 bits per heavy atom. The molecule has 0 saturated carbocycles. The smallest absolute Gasteiger partial charge is 0.0961 e. The van der Waals surface area contributed by atoms with Gasteiger partial charge in [-0.3, -0.25) is 0 Å². The van der Waals surface area contributed by atoms with Gasteiger partial charge in [0.05, 0.1) is 10.0 Å². The van der Waals surface area contributed by atoms with Gasteiger partial charge in [-0.25, -0.2) is 4.98 Å². The van der Waals surface area contributed by atoms with Crippen LogP contribution in [0.25, 0.3) is 0 Å². The quantitative estimate of drug-likeness (QED) is 0.623. The van der Waals surface area contributed by atoms with Gasteiger partial charge < -0.3 is 5.32 Å². The number of rotatable bonds is 7. The Hall–Kier alpha value is -0.550. The summed E-state index contributed by atoms with van der Waals surface area (Å²) in [7, 11) is 0. The number of hydrogen-bond donors (Lipinski definition) is 1. The first-order valence-electron chi connectivity index (χ1n) is 5.81. The van der Waals surface area contributed by atoms with Gasteiger partial charge >= 0.3 is 0 Å². The molecule has 5 heteroatoms. The largest absolute Gasteiger partial charge is 0.316 e. The molecule has 18 heavy (non-hydrogen) atoms. The molecule has 0 aliphatic rings. The molecule has 0 saturated heterocycles. The van der Waals surface area contributed by atoms with Crippen LogP contribution in [0.15, 0.2) is 40.2 Å². The summed E-state index contributed by atoms with van der Waals surface area (Å²) < 4.78 is 0. The maximum Gasteiger partial charge on any atom is 0.0961 e. The molecule has 0 bridgehead atoms. The van der Waals surface area contributed by atoms with Crippen molar-refractivity contribution in [2.45, 2.75) is 11.4 Å². The minimum atomic E-state index is 0.688. The molecule has 0 amide bonds. The van der Waals surface area contributed by atoms with Crippen molar-refractivity contribution >= 4 is 34.7 Å². The summed E-state index contributed by atoms with van der Waals surface area (Å²) in [6.07, 6.45) is 2.79. The van der Waals surface area contributed by atoms with E-state index in [2.05, 4.69) is 27.1 Å². The van der Waals surface area contributed by atoms with Crippen LogP contribution in [-0.2, 0) is 6.42 Å². The van der Waals surface area contributed by atoms with Gasteiger partial charge in [0.25, 0.3) is 0 Å². The number of aromatic nitrogens is 1. The van der Waals surface area contributed by atoms with Crippen molar-refractivity contribution in [1.29, 1.82) is 0 Å². The molecular formula is C13H15ClN2S2. The van der Waals surface area contributed by atoms with Gasteiger partial charge in [-0.15, -0.1) is 11.8 Å². The Kier molecular flexibility index (Phi) is 6.00. The highest BCUT2D eigenvalue weighted by molar-refractivity contribution is 7.99. The van der Waals surface area contributed by atoms with Gasteiger partial charge in [-0.1, -0.05) is 11.6 Å². The van der Waals surface area contributed by atoms with Crippen LogP contribution < -0.4 is 5.32 Å². The van der Waals surface area contributed by atoms with Gasteiger partial charge in [0.2, 0.25) is 0 Å². The number of nitrogens with one attached hydrogen (secondary N) is 1. The number of hydrogen-bond acceptors (Lipinski definition) is 4. The van der Waals surface area contributed by atoms with E-state index in [0.717, 1.165) is 30.3 Å². The van der Waals surface area contributed by atoms with Crippen LogP contribution in [0.1, 0.15) is 5.56 Å². The van der Waals surface area contributed by atoms with Crippen LogP contribution in [0, 0.1) is 0 Å². The third kappa shape index (κ3) is 4.98. The summed E-state index contributed by atoms with van der Waals surface area (Å²) in [6, 6.07) is 6.01. The molecule has 0 atom stereocenters. The molecule has 2 aromatic heterocycles.